The summed E-state index contributed by atoms with van der Waals surface area (Å²) >= 11 is 6.11. The van der Waals surface area contributed by atoms with Crippen molar-refractivity contribution in [2.24, 2.45) is 0 Å². The van der Waals surface area contributed by atoms with Gasteiger partial charge in [0.2, 0.25) is 0 Å². The van der Waals surface area contributed by atoms with Crippen LogP contribution in [-0.4, -0.2) is 32.2 Å². The normalized spacial score (nSPS) is 22.5. The van der Waals surface area contributed by atoms with Gasteiger partial charge in [-0.3, -0.25) is 5.10 Å². The van der Waals surface area contributed by atoms with E-state index in [-0.39, 0.29) is 0 Å². The second-order valence-electron chi connectivity index (χ2n) is 9.01. The summed E-state index contributed by atoms with van der Waals surface area (Å²) in [7, 11) is 0. The Kier molecular flexibility index (Phi) is 6.32. The van der Waals surface area contributed by atoms with Gasteiger partial charge in [0.25, 0.3) is 0 Å². The summed E-state index contributed by atoms with van der Waals surface area (Å²) in [5.41, 5.74) is 5.22. The summed E-state index contributed by atoms with van der Waals surface area (Å²) in [6, 6.07) is 11.2. The van der Waals surface area contributed by atoms with Gasteiger partial charge in [-0.05, 0) is 56.7 Å². The molecule has 3 aromatic rings. The molecule has 0 amide bonds. The molecule has 0 bridgehead atoms. The second kappa shape index (κ2) is 9.49. The van der Waals surface area contributed by atoms with Gasteiger partial charge in [-0.25, -0.2) is 9.97 Å². The third-order valence-electron chi connectivity index (χ3n) is 6.96. The molecular formula is C25H30ClN5. The Balaban J connectivity index is 1.37. The average molecular weight is 436 g/mol. The van der Waals surface area contributed by atoms with E-state index in [0.717, 1.165) is 33.6 Å². The van der Waals surface area contributed by atoms with Crippen LogP contribution in [0.4, 0.5) is 0 Å². The largest absolute Gasteiger partial charge is 0.311 e. The highest BCUT2D eigenvalue weighted by molar-refractivity contribution is 6.30. The van der Waals surface area contributed by atoms with Gasteiger partial charge >= 0.3 is 0 Å². The number of nitrogens with zero attached hydrogens (tertiary/aromatic N) is 3. The fourth-order valence-electron chi connectivity index (χ4n) is 5.32. The smallest absolute Gasteiger partial charge is 0.116 e. The minimum absolute atomic E-state index is 0.475. The minimum Gasteiger partial charge on any atom is -0.311 e. The quantitative estimate of drug-likeness (QED) is 0.505. The van der Waals surface area contributed by atoms with Gasteiger partial charge in [-0.2, -0.15) is 5.10 Å². The van der Waals surface area contributed by atoms with Crippen molar-refractivity contribution in [2.75, 3.05) is 0 Å². The molecule has 6 heteroatoms. The van der Waals surface area contributed by atoms with E-state index >= 15 is 0 Å². The van der Waals surface area contributed by atoms with Gasteiger partial charge in [-0.15, -0.1) is 0 Å². The molecule has 2 heterocycles. The van der Waals surface area contributed by atoms with Crippen LogP contribution in [0, 0.1) is 0 Å². The highest BCUT2D eigenvalue weighted by atomic mass is 35.5. The lowest BCUT2D eigenvalue weighted by Crippen LogP contribution is -2.41. The Bertz CT molecular complexity index is 971. The average Bonchev–Trinajstić information content (AvgIpc) is 3.26. The zero-order valence-corrected chi connectivity index (χ0v) is 18.6. The molecule has 5 nitrogen and oxygen atoms in total. The molecule has 0 radical (unpaired) electrons. The van der Waals surface area contributed by atoms with Crippen molar-refractivity contribution < 1.29 is 0 Å². The van der Waals surface area contributed by atoms with Gasteiger partial charge in [0, 0.05) is 46.0 Å². The summed E-state index contributed by atoms with van der Waals surface area (Å²) in [5, 5.41) is 12.8. The molecule has 2 saturated carbocycles. The van der Waals surface area contributed by atoms with E-state index in [9.17, 15) is 0 Å². The summed E-state index contributed by atoms with van der Waals surface area (Å²) in [4.78, 5) is 8.67. The Morgan fingerprint density at radius 2 is 1.61 bits per heavy atom. The summed E-state index contributed by atoms with van der Waals surface area (Å²) in [5.74, 6) is 0.475. The van der Waals surface area contributed by atoms with Crippen LogP contribution < -0.4 is 5.32 Å². The standard InChI is InChI=1S/C25H30ClN5/c26-19-10-6-17(7-11-19)24-23(22-14-15-27-16-28-22)25(31-30-24)18-8-12-21(13-9-18)29-20-4-2-1-3-5-20/h6-7,10-11,14-16,18,20-21,29H,1-5,8-9,12-13H2,(H,30,31). The minimum atomic E-state index is 0.475. The van der Waals surface area contributed by atoms with E-state index in [2.05, 4.69) is 20.4 Å². The van der Waals surface area contributed by atoms with E-state index in [1.54, 1.807) is 12.5 Å². The molecule has 2 aromatic heterocycles. The van der Waals surface area contributed by atoms with E-state index in [0.29, 0.717) is 12.0 Å². The molecule has 0 atom stereocenters. The van der Waals surface area contributed by atoms with Crippen LogP contribution >= 0.6 is 11.6 Å². The number of aromatic amines is 1. The number of hydrogen-bond donors (Lipinski definition) is 2. The molecule has 2 fully saturated rings. The van der Waals surface area contributed by atoms with Gasteiger partial charge in [0.05, 0.1) is 5.69 Å². The number of H-pyrrole nitrogens is 1. The number of aromatic nitrogens is 4. The predicted octanol–water partition coefficient (Wildman–Crippen LogP) is 6.14. The van der Waals surface area contributed by atoms with Crippen molar-refractivity contribution in [3.05, 3.63) is 53.6 Å². The first kappa shape index (κ1) is 20.7. The van der Waals surface area contributed by atoms with E-state index in [1.807, 2.05) is 30.3 Å². The van der Waals surface area contributed by atoms with Crippen molar-refractivity contribution >= 4 is 11.6 Å². The lowest BCUT2D eigenvalue weighted by Gasteiger charge is -2.33. The molecule has 162 valence electrons. The van der Waals surface area contributed by atoms with Gasteiger partial charge < -0.3 is 5.32 Å². The van der Waals surface area contributed by atoms with Gasteiger partial charge in [0.1, 0.15) is 12.0 Å². The molecule has 0 saturated heterocycles. The van der Waals surface area contributed by atoms with Crippen molar-refractivity contribution in [3.63, 3.8) is 0 Å². The summed E-state index contributed by atoms with van der Waals surface area (Å²) in [6.45, 7) is 0. The maximum absolute atomic E-state index is 6.11. The fraction of sp³-hybridized carbons (Fsp3) is 0.480. The summed E-state index contributed by atoms with van der Waals surface area (Å²) < 4.78 is 0. The highest BCUT2D eigenvalue weighted by Crippen LogP contribution is 2.41. The number of hydrogen-bond acceptors (Lipinski definition) is 4. The monoisotopic (exact) mass is 435 g/mol. The number of benzene rings is 1. The Labute approximate surface area is 189 Å². The Hall–Kier alpha value is -2.24. The first-order valence-corrected chi connectivity index (χ1v) is 12.0. The van der Waals surface area contributed by atoms with Crippen LogP contribution in [0.3, 0.4) is 0 Å². The molecule has 31 heavy (non-hydrogen) atoms. The molecule has 2 N–H and O–H groups in total. The number of halogens is 1. The first-order valence-electron chi connectivity index (χ1n) is 11.6. The number of nitrogens with one attached hydrogen (secondary N) is 2. The molecule has 5 rings (SSSR count). The van der Waals surface area contributed by atoms with E-state index < -0.39 is 0 Å². The molecule has 1 aromatic carbocycles. The van der Waals surface area contributed by atoms with Crippen LogP contribution in [0.2, 0.25) is 5.02 Å². The van der Waals surface area contributed by atoms with Crippen LogP contribution in [0.5, 0.6) is 0 Å². The molecular weight excluding hydrogens is 406 g/mol. The van der Waals surface area contributed by atoms with Crippen LogP contribution in [0.1, 0.15) is 69.4 Å². The lowest BCUT2D eigenvalue weighted by atomic mass is 9.81. The lowest BCUT2D eigenvalue weighted by molar-refractivity contribution is 0.277. The molecule has 0 spiro atoms. The van der Waals surface area contributed by atoms with Crippen molar-refractivity contribution in [3.8, 4) is 22.5 Å². The van der Waals surface area contributed by atoms with Gasteiger partial charge in [0.15, 0.2) is 0 Å². The number of rotatable bonds is 5. The van der Waals surface area contributed by atoms with Crippen LogP contribution in [0.15, 0.2) is 42.9 Å². The van der Waals surface area contributed by atoms with E-state index in [1.165, 1.54) is 63.5 Å². The molecule has 0 unspecified atom stereocenters. The third-order valence-corrected chi connectivity index (χ3v) is 7.21. The summed E-state index contributed by atoms with van der Waals surface area (Å²) in [6.07, 6.45) is 15.1. The van der Waals surface area contributed by atoms with Crippen LogP contribution in [0.25, 0.3) is 22.5 Å². The van der Waals surface area contributed by atoms with Crippen LogP contribution in [-0.2, 0) is 0 Å². The predicted molar refractivity (Wildman–Crippen MR) is 125 cm³/mol. The SMILES string of the molecule is Clc1ccc(-c2n[nH]c(C3CCC(NC4CCCCC4)CC3)c2-c2ccncn2)cc1. The fourth-order valence-corrected chi connectivity index (χ4v) is 5.44. The first-order chi connectivity index (χ1) is 15.3. The Morgan fingerprint density at radius 1 is 0.871 bits per heavy atom. The van der Waals surface area contributed by atoms with Gasteiger partial charge in [-0.1, -0.05) is 43.0 Å². The molecule has 0 aliphatic heterocycles. The maximum atomic E-state index is 6.11. The second-order valence-corrected chi connectivity index (χ2v) is 9.45. The topological polar surface area (TPSA) is 66.5 Å². The van der Waals surface area contributed by atoms with Crippen molar-refractivity contribution in [1.29, 1.82) is 0 Å². The zero-order chi connectivity index (χ0) is 21.0. The van der Waals surface area contributed by atoms with Crippen molar-refractivity contribution in [1.82, 2.24) is 25.5 Å². The van der Waals surface area contributed by atoms with Crippen molar-refractivity contribution in [2.45, 2.75) is 75.8 Å². The zero-order valence-electron chi connectivity index (χ0n) is 17.9. The molecule has 2 aliphatic rings. The maximum Gasteiger partial charge on any atom is 0.116 e. The molecule has 2 aliphatic carbocycles. The third kappa shape index (κ3) is 4.68. The highest BCUT2D eigenvalue weighted by Gasteiger charge is 2.29. The Morgan fingerprint density at radius 3 is 2.32 bits per heavy atom. The van der Waals surface area contributed by atoms with E-state index in [4.69, 9.17) is 16.7 Å².